The third-order valence-electron chi connectivity index (χ3n) is 5.39. The van der Waals surface area contributed by atoms with E-state index in [1.54, 1.807) is 21.3 Å². The number of hydrogen-bond acceptors (Lipinski definition) is 4. The molecule has 0 bridgehead atoms. The lowest BCUT2D eigenvalue weighted by atomic mass is 9.87. The summed E-state index contributed by atoms with van der Waals surface area (Å²) in [6, 6.07) is 23.2. The fourth-order valence-electron chi connectivity index (χ4n) is 3.99. The first kappa shape index (κ1) is 18.2. The highest BCUT2D eigenvalue weighted by atomic mass is 16.5. The SMILES string of the molecule is COc1ccc(C2c3cc(OC)c(OC)cc3CCN2c2ccccc2)cc1. The summed E-state index contributed by atoms with van der Waals surface area (Å²) in [4.78, 5) is 2.45. The molecule has 0 saturated heterocycles. The number of nitrogens with zero attached hydrogens (tertiary/aromatic N) is 1. The van der Waals surface area contributed by atoms with E-state index in [9.17, 15) is 0 Å². The minimum atomic E-state index is 0.0943. The van der Waals surface area contributed by atoms with Gasteiger partial charge in [-0.15, -0.1) is 0 Å². The second-order valence-electron chi connectivity index (χ2n) is 6.86. The zero-order valence-electron chi connectivity index (χ0n) is 16.5. The number of anilines is 1. The molecule has 0 saturated carbocycles. The van der Waals surface area contributed by atoms with Gasteiger partial charge in [0.15, 0.2) is 11.5 Å². The van der Waals surface area contributed by atoms with Gasteiger partial charge in [0.05, 0.1) is 27.4 Å². The van der Waals surface area contributed by atoms with Gasteiger partial charge in [-0.25, -0.2) is 0 Å². The molecule has 0 amide bonds. The molecule has 0 fully saturated rings. The molecule has 0 aromatic heterocycles. The summed E-state index contributed by atoms with van der Waals surface area (Å²) >= 11 is 0. The van der Waals surface area contributed by atoms with E-state index in [1.165, 1.54) is 22.4 Å². The van der Waals surface area contributed by atoms with Crippen molar-refractivity contribution in [3.8, 4) is 17.2 Å². The minimum absolute atomic E-state index is 0.0943. The van der Waals surface area contributed by atoms with Crippen LogP contribution in [-0.2, 0) is 6.42 Å². The average molecular weight is 375 g/mol. The Morgan fingerprint density at radius 2 is 1.46 bits per heavy atom. The largest absolute Gasteiger partial charge is 0.497 e. The fraction of sp³-hybridized carbons (Fsp3) is 0.250. The molecule has 0 aliphatic carbocycles. The number of methoxy groups -OCH3 is 3. The first-order chi connectivity index (χ1) is 13.7. The van der Waals surface area contributed by atoms with Crippen LogP contribution < -0.4 is 19.1 Å². The zero-order valence-corrected chi connectivity index (χ0v) is 16.5. The average Bonchev–Trinajstić information content (AvgIpc) is 2.78. The number of ether oxygens (including phenoxy) is 3. The molecule has 0 radical (unpaired) electrons. The smallest absolute Gasteiger partial charge is 0.161 e. The molecule has 3 aromatic rings. The fourth-order valence-corrected chi connectivity index (χ4v) is 3.99. The predicted octanol–water partition coefficient (Wildman–Crippen LogP) is 4.86. The summed E-state index contributed by atoms with van der Waals surface area (Å²) in [5.41, 5.74) is 4.98. The van der Waals surface area contributed by atoms with Crippen LogP contribution in [0.15, 0.2) is 66.7 Å². The Hall–Kier alpha value is -3.14. The van der Waals surface area contributed by atoms with Crippen LogP contribution in [0.25, 0.3) is 0 Å². The van der Waals surface area contributed by atoms with Crippen molar-refractivity contribution < 1.29 is 14.2 Å². The summed E-state index contributed by atoms with van der Waals surface area (Å²) in [6.45, 7) is 0.934. The van der Waals surface area contributed by atoms with Crippen molar-refractivity contribution >= 4 is 5.69 Å². The van der Waals surface area contributed by atoms with Gasteiger partial charge in [-0.2, -0.15) is 0 Å². The Balaban J connectivity index is 1.86. The van der Waals surface area contributed by atoms with Gasteiger partial charge in [-0.1, -0.05) is 30.3 Å². The second-order valence-corrected chi connectivity index (χ2v) is 6.86. The monoisotopic (exact) mass is 375 g/mol. The summed E-state index contributed by atoms with van der Waals surface area (Å²) in [5, 5.41) is 0. The van der Waals surface area contributed by atoms with Crippen molar-refractivity contribution in [3.63, 3.8) is 0 Å². The van der Waals surface area contributed by atoms with Crippen LogP contribution in [0, 0.1) is 0 Å². The molecule has 1 unspecified atom stereocenters. The first-order valence-electron chi connectivity index (χ1n) is 9.45. The molecule has 4 rings (SSSR count). The second kappa shape index (κ2) is 7.85. The van der Waals surface area contributed by atoms with Crippen LogP contribution in [-0.4, -0.2) is 27.9 Å². The van der Waals surface area contributed by atoms with Gasteiger partial charge in [0.25, 0.3) is 0 Å². The van der Waals surface area contributed by atoms with Crippen molar-refractivity contribution in [1.82, 2.24) is 0 Å². The lowest BCUT2D eigenvalue weighted by molar-refractivity contribution is 0.353. The number of benzene rings is 3. The van der Waals surface area contributed by atoms with E-state index in [2.05, 4.69) is 59.5 Å². The van der Waals surface area contributed by atoms with Gasteiger partial charge in [0.2, 0.25) is 0 Å². The van der Waals surface area contributed by atoms with E-state index < -0.39 is 0 Å². The number of hydrogen-bond donors (Lipinski definition) is 0. The molecular formula is C24H25NO3. The van der Waals surface area contributed by atoms with E-state index in [0.29, 0.717) is 0 Å². The van der Waals surface area contributed by atoms with E-state index >= 15 is 0 Å². The van der Waals surface area contributed by atoms with E-state index in [1.807, 2.05) is 12.1 Å². The van der Waals surface area contributed by atoms with E-state index in [-0.39, 0.29) is 6.04 Å². The van der Waals surface area contributed by atoms with Crippen molar-refractivity contribution in [1.29, 1.82) is 0 Å². The third kappa shape index (κ3) is 3.26. The quantitative estimate of drug-likeness (QED) is 0.637. The third-order valence-corrected chi connectivity index (χ3v) is 5.39. The topological polar surface area (TPSA) is 30.9 Å². The minimum Gasteiger partial charge on any atom is -0.497 e. The molecule has 3 aromatic carbocycles. The summed E-state index contributed by atoms with van der Waals surface area (Å²) < 4.78 is 16.5. The Bertz CT molecular complexity index is 938. The maximum absolute atomic E-state index is 5.60. The lowest BCUT2D eigenvalue weighted by Gasteiger charge is -2.40. The molecule has 1 aliphatic rings. The predicted molar refractivity (Wildman–Crippen MR) is 112 cm³/mol. The Labute approximate surface area is 166 Å². The van der Waals surface area contributed by atoms with Gasteiger partial charge in [0, 0.05) is 12.2 Å². The molecule has 0 spiro atoms. The number of para-hydroxylation sites is 1. The molecular weight excluding hydrogens is 350 g/mol. The molecule has 4 heteroatoms. The first-order valence-corrected chi connectivity index (χ1v) is 9.45. The molecule has 1 aliphatic heterocycles. The van der Waals surface area contributed by atoms with Crippen LogP contribution in [0.4, 0.5) is 5.69 Å². The molecule has 28 heavy (non-hydrogen) atoms. The standard InChI is InChI=1S/C24H25NO3/c1-26-20-11-9-17(10-12-20)24-21-16-23(28-3)22(27-2)15-18(21)13-14-25(24)19-7-5-4-6-8-19/h4-12,15-16,24H,13-14H2,1-3H3. The number of rotatable bonds is 5. The summed E-state index contributed by atoms with van der Waals surface area (Å²) in [6.07, 6.45) is 0.956. The van der Waals surface area contributed by atoms with Gasteiger partial charge in [-0.05, 0) is 59.5 Å². The van der Waals surface area contributed by atoms with Gasteiger partial charge >= 0.3 is 0 Å². The highest BCUT2D eigenvalue weighted by Gasteiger charge is 2.30. The van der Waals surface area contributed by atoms with Crippen LogP contribution in [0.3, 0.4) is 0 Å². The summed E-state index contributed by atoms with van der Waals surface area (Å²) in [5.74, 6) is 2.40. The highest BCUT2D eigenvalue weighted by Crippen LogP contribution is 2.42. The van der Waals surface area contributed by atoms with Crippen LogP contribution in [0.5, 0.6) is 17.2 Å². The number of fused-ring (bicyclic) bond motifs is 1. The van der Waals surface area contributed by atoms with Crippen molar-refractivity contribution in [2.75, 3.05) is 32.8 Å². The van der Waals surface area contributed by atoms with Crippen LogP contribution in [0.2, 0.25) is 0 Å². The van der Waals surface area contributed by atoms with Crippen molar-refractivity contribution in [2.45, 2.75) is 12.5 Å². The zero-order chi connectivity index (χ0) is 19.5. The van der Waals surface area contributed by atoms with Gasteiger partial charge in [-0.3, -0.25) is 0 Å². The van der Waals surface area contributed by atoms with Crippen molar-refractivity contribution in [3.05, 3.63) is 83.4 Å². The highest BCUT2D eigenvalue weighted by molar-refractivity contribution is 5.59. The van der Waals surface area contributed by atoms with E-state index in [4.69, 9.17) is 14.2 Å². The Morgan fingerprint density at radius 3 is 2.11 bits per heavy atom. The van der Waals surface area contributed by atoms with Gasteiger partial charge in [0.1, 0.15) is 5.75 Å². The molecule has 144 valence electrons. The van der Waals surface area contributed by atoms with Gasteiger partial charge < -0.3 is 19.1 Å². The Kier molecular flexibility index (Phi) is 5.11. The summed E-state index contributed by atoms with van der Waals surface area (Å²) in [7, 11) is 5.06. The van der Waals surface area contributed by atoms with E-state index in [0.717, 1.165) is 30.2 Å². The maximum Gasteiger partial charge on any atom is 0.161 e. The van der Waals surface area contributed by atoms with Crippen LogP contribution >= 0.6 is 0 Å². The maximum atomic E-state index is 5.60. The normalized spacial score (nSPS) is 15.7. The lowest BCUT2D eigenvalue weighted by Crippen LogP contribution is -2.36. The molecule has 1 heterocycles. The van der Waals surface area contributed by atoms with Crippen molar-refractivity contribution in [2.24, 2.45) is 0 Å². The molecule has 4 nitrogen and oxygen atoms in total. The Morgan fingerprint density at radius 1 is 0.786 bits per heavy atom. The molecule has 0 N–H and O–H groups in total. The molecule has 1 atom stereocenters. The van der Waals surface area contributed by atoms with Crippen LogP contribution in [0.1, 0.15) is 22.7 Å².